The Kier molecular flexibility index (Phi) is 48.0. The maximum absolute atomic E-state index is 14.4. The molecule has 0 radical (unpaired) electrons. The summed E-state index contributed by atoms with van der Waals surface area (Å²) in [5.41, 5.74) is 22.2. The van der Waals surface area contributed by atoms with Gasteiger partial charge in [-0.25, -0.2) is 9.59 Å². The third-order valence-electron chi connectivity index (χ3n) is 21.4. The van der Waals surface area contributed by atoms with Crippen LogP contribution in [0.1, 0.15) is 147 Å². The van der Waals surface area contributed by atoms with Gasteiger partial charge in [0.15, 0.2) is 25.2 Å². The van der Waals surface area contributed by atoms with Gasteiger partial charge in [0.05, 0.1) is 38.5 Å². The smallest absolute Gasteiger partial charge is 0.326 e. The first kappa shape index (κ1) is 115. The van der Waals surface area contributed by atoms with Gasteiger partial charge < -0.3 is 191 Å². The summed E-state index contributed by atoms with van der Waals surface area (Å²) in [7, 11) is 0. The number of carbonyl (C=O) groups is 18. The molecule has 0 saturated carbocycles. The van der Waals surface area contributed by atoms with Crippen LogP contribution < -0.4 is 97.4 Å². The van der Waals surface area contributed by atoms with Gasteiger partial charge >= 0.3 is 11.9 Å². The number of primary amides is 2. The molecular weight excluding hydrogens is 1780 g/mol. The molecular formula is C78H132N18O37. The molecule has 0 aliphatic carbocycles. The predicted molar refractivity (Wildman–Crippen MR) is 448 cm³/mol. The number of nitrogens with one attached hydrogen (secondary N) is 14. The Morgan fingerprint density at radius 2 is 0.654 bits per heavy atom. The van der Waals surface area contributed by atoms with Crippen LogP contribution in [-0.2, 0) is 129 Å². The molecule has 16 amide bonds. The van der Waals surface area contributed by atoms with Crippen molar-refractivity contribution in [3.05, 3.63) is 0 Å². The van der Waals surface area contributed by atoms with E-state index in [1.165, 1.54) is 27.7 Å². The number of hydrogen-bond donors (Lipinski definition) is 28. The fourth-order valence-electron chi connectivity index (χ4n) is 14.1. The minimum Gasteiger partial charge on any atom is -0.480 e. The van der Waals surface area contributed by atoms with E-state index in [-0.39, 0.29) is 51.6 Å². The molecule has 4 saturated heterocycles. The van der Waals surface area contributed by atoms with Gasteiger partial charge in [-0.1, -0.05) is 0 Å². The van der Waals surface area contributed by atoms with Crippen LogP contribution in [0, 0.1) is 0 Å². The fourth-order valence-corrected chi connectivity index (χ4v) is 14.1. The first-order valence-corrected chi connectivity index (χ1v) is 43.0. The molecule has 55 nitrogen and oxygen atoms in total. The molecule has 0 aromatic rings. The molecule has 0 aromatic heterocycles. The van der Waals surface area contributed by atoms with Crippen LogP contribution in [0.25, 0.3) is 0 Å². The van der Waals surface area contributed by atoms with Gasteiger partial charge in [-0.3, -0.25) is 76.7 Å². The highest BCUT2D eigenvalue weighted by molar-refractivity contribution is 5.95. The molecule has 32 N–H and O–H groups in total. The SMILES string of the molecule is CC(=O)NC1C(OC2C(CO)OC(OC3C(CO)OC(OC4C(CO)OC(O)C(NC(C)=O)C4OC(C)C(=O)NC(C)C(=O)NC(CCC(=O)NC(CCCCNC(=O)C(C)NC(=O)C(C)N)C(=O)O)C(N)=O)C(NC(C)=O)C3O)C(NC(C)=O)C2OC(C)C(=O)NC(C)C(=O)NC(CCC(=O)NC(CCCCNC(=O)C(C)NC(=O)C(C)N)C(=O)O)C(N)=O)OC(CO)C(O)C1O. The average molecular weight is 1910 g/mol. The lowest BCUT2D eigenvalue weighted by Crippen LogP contribution is -2.72. The normalized spacial score (nSPS) is 27.8. The average Bonchev–Trinajstić information content (AvgIpc) is 0.768. The molecule has 4 rings (SSSR count). The summed E-state index contributed by atoms with van der Waals surface area (Å²) in [6, 6.07) is -20.5. The zero-order valence-corrected chi connectivity index (χ0v) is 75.6. The second-order valence-electron chi connectivity index (χ2n) is 32.6. The zero-order chi connectivity index (χ0) is 100. The minimum atomic E-state index is -2.26. The third kappa shape index (κ3) is 36.1. The van der Waals surface area contributed by atoms with E-state index in [2.05, 4.69) is 74.4 Å². The predicted octanol–water partition coefficient (Wildman–Crippen LogP) is -14.4. The van der Waals surface area contributed by atoms with Crippen molar-refractivity contribution in [2.45, 2.75) is 342 Å². The number of carboxylic acids is 2. The van der Waals surface area contributed by atoms with Gasteiger partial charge in [-0.2, -0.15) is 0 Å². The van der Waals surface area contributed by atoms with Crippen LogP contribution >= 0.6 is 0 Å². The number of aliphatic carboxylic acids is 2. The standard InChI is InChI=1S/C78H132N18O37/c1-29(79)65(112)85-31(3)67(114)83-23-15-13-17-43(73(120)121)93-49(105)21-19-41(63(81)110)95-69(116)33(5)87-71(118)35(7)125-61-53(91-39(11)103)75(124)127-47(27-99)59(61)132-77-52(90-38(10)102)57(109)58(46(26-98)129-77)131-78-54(92-40(12)104)62(60(48(28-100)130-78)133-76-51(89-37(9)101)56(108)55(107)45(25-97)128-76)126-36(8)72(119)88-34(6)70(117)96-42(64(82)111)20-22-50(106)94-44(74(122)123)18-14-16-24-84-68(115)32(4)86-66(113)30(2)80/h29-36,41-48,51-62,75-78,97-100,107-109,124H,13-28,79-80H2,1-12H3,(H2,81,110)(H2,82,111)(H,83,114)(H,84,115)(H,85,112)(H,86,113)(H,87,118)(H,88,119)(H,89,101)(H,90,102)(H,91,103)(H,92,104)(H,93,105)(H,94,106)(H,95,116)(H,96,117)(H,120,121)(H,122,123). The van der Waals surface area contributed by atoms with Gasteiger partial charge in [-0.05, 0) is 107 Å². The number of unbranched alkanes of at least 4 members (excludes halogenated alkanes) is 2. The summed E-state index contributed by atoms with van der Waals surface area (Å²) in [6.45, 7) is 9.67. The lowest BCUT2D eigenvalue weighted by atomic mass is 9.92. The summed E-state index contributed by atoms with van der Waals surface area (Å²) >= 11 is 0. The molecule has 32 atom stereocenters. The summed E-state index contributed by atoms with van der Waals surface area (Å²) < 4.78 is 55.8. The molecule has 4 aliphatic rings. The van der Waals surface area contributed by atoms with Gasteiger partial charge in [-0.15, -0.1) is 0 Å². The number of nitrogens with two attached hydrogens (primary N) is 4. The summed E-state index contributed by atoms with van der Waals surface area (Å²) in [5, 5.41) is 143. The molecule has 4 heterocycles. The van der Waals surface area contributed by atoms with Crippen LogP contribution in [-0.4, -0.2) is 392 Å². The minimum absolute atomic E-state index is 0.0667. The fraction of sp³-hybridized carbons (Fsp3) is 0.769. The van der Waals surface area contributed by atoms with Crippen molar-refractivity contribution in [1.82, 2.24) is 74.4 Å². The lowest BCUT2D eigenvalue weighted by molar-refractivity contribution is -0.365. The third-order valence-corrected chi connectivity index (χ3v) is 21.4. The van der Waals surface area contributed by atoms with Crippen molar-refractivity contribution < 1.29 is 180 Å². The first-order valence-electron chi connectivity index (χ1n) is 43.0. The van der Waals surface area contributed by atoms with Gasteiger partial charge in [0.1, 0.15) is 158 Å². The molecule has 0 bridgehead atoms. The lowest BCUT2D eigenvalue weighted by Gasteiger charge is -2.52. The summed E-state index contributed by atoms with van der Waals surface area (Å²) in [6.07, 6.45) is -37.1. The number of ether oxygens (including phenoxy) is 9. The van der Waals surface area contributed by atoms with Crippen LogP contribution in [0.3, 0.4) is 0 Å². The number of rotatable bonds is 54. The highest BCUT2D eigenvalue weighted by Gasteiger charge is 2.58. The maximum atomic E-state index is 14.4. The molecule has 0 aromatic carbocycles. The second-order valence-corrected chi connectivity index (χ2v) is 32.6. The van der Waals surface area contributed by atoms with Crippen molar-refractivity contribution in [2.24, 2.45) is 22.9 Å². The quantitative estimate of drug-likeness (QED) is 0.0251. The van der Waals surface area contributed by atoms with E-state index in [0.717, 1.165) is 55.4 Å². The van der Waals surface area contributed by atoms with Crippen molar-refractivity contribution in [1.29, 1.82) is 0 Å². The van der Waals surface area contributed by atoms with E-state index in [1.807, 2.05) is 0 Å². The van der Waals surface area contributed by atoms with Crippen LogP contribution in [0.2, 0.25) is 0 Å². The maximum Gasteiger partial charge on any atom is 0.326 e. The van der Waals surface area contributed by atoms with E-state index < -0.39 is 354 Å². The van der Waals surface area contributed by atoms with Crippen molar-refractivity contribution in [3.8, 4) is 0 Å². The highest BCUT2D eigenvalue weighted by atomic mass is 16.8. The number of amides is 16. The number of carboxylic acid groups (broad SMARTS) is 2. The Hall–Kier alpha value is -10.3. The molecule has 32 unspecified atom stereocenters. The number of aliphatic hydroxyl groups is 8. The van der Waals surface area contributed by atoms with Gasteiger partial charge in [0, 0.05) is 53.6 Å². The van der Waals surface area contributed by atoms with E-state index >= 15 is 0 Å². The summed E-state index contributed by atoms with van der Waals surface area (Å²) in [5.74, 6) is -17.4. The Bertz CT molecular complexity index is 3960. The van der Waals surface area contributed by atoms with Crippen molar-refractivity contribution >= 4 is 106 Å². The van der Waals surface area contributed by atoms with Gasteiger partial charge in [0.25, 0.3) is 0 Å². The van der Waals surface area contributed by atoms with Gasteiger partial charge in [0.2, 0.25) is 94.5 Å². The zero-order valence-electron chi connectivity index (χ0n) is 75.6. The number of carbonyl (C=O) groups excluding carboxylic acids is 16. The molecule has 0 spiro atoms. The largest absolute Gasteiger partial charge is 0.480 e. The van der Waals surface area contributed by atoms with Crippen LogP contribution in [0.15, 0.2) is 0 Å². The number of aliphatic hydroxyl groups excluding tert-OH is 8. The van der Waals surface area contributed by atoms with E-state index in [1.54, 1.807) is 0 Å². The topological polar surface area (TPSA) is 865 Å². The number of hydrogen-bond acceptors (Lipinski definition) is 37. The molecule has 756 valence electrons. The monoisotopic (exact) mass is 1910 g/mol. The summed E-state index contributed by atoms with van der Waals surface area (Å²) in [4.78, 5) is 233. The van der Waals surface area contributed by atoms with Crippen molar-refractivity contribution in [3.63, 3.8) is 0 Å². The van der Waals surface area contributed by atoms with Crippen LogP contribution in [0.5, 0.6) is 0 Å². The van der Waals surface area contributed by atoms with E-state index in [0.29, 0.717) is 0 Å². The molecule has 133 heavy (non-hydrogen) atoms. The Morgan fingerprint density at radius 1 is 0.338 bits per heavy atom. The molecule has 4 fully saturated rings. The van der Waals surface area contributed by atoms with E-state index in [9.17, 15) is 137 Å². The van der Waals surface area contributed by atoms with Crippen LogP contribution in [0.4, 0.5) is 0 Å². The first-order chi connectivity index (χ1) is 62.3. The molecule has 55 heteroatoms. The molecule has 4 aliphatic heterocycles. The van der Waals surface area contributed by atoms with E-state index in [4.69, 9.17) is 65.6 Å². The Labute approximate surface area is 763 Å². The van der Waals surface area contributed by atoms with Crippen molar-refractivity contribution in [2.75, 3.05) is 39.5 Å². The highest BCUT2D eigenvalue weighted by Crippen LogP contribution is 2.37. The second kappa shape index (κ2) is 55.5. The Morgan fingerprint density at radius 3 is 1.02 bits per heavy atom. The Balaban J connectivity index is 1.62.